The van der Waals surface area contributed by atoms with Crippen LogP contribution in [0, 0.1) is 23.1 Å². The molecule has 3 heterocycles. The summed E-state index contributed by atoms with van der Waals surface area (Å²) in [6, 6.07) is 18.4. The lowest BCUT2D eigenvalue weighted by molar-refractivity contribution is 0.373. The van der Waals surface area contributed by atoms with Gasteiger partial charge in [-0.25, -0.2) is 13.8 Å². The van der Waals surface area contributed by atoms with E-state index in [-0.39, 0.29) is 5.56 Å². The van der Waals surface area contributed by atoms with Crippen LogP contribution in [0.4, 0.5) is 10.2 Å². The van der Waals surface area contributed by atoms with Crippen molar-refractivity contribution in [1.82, 2.24) is 24.5 Å². The largest absolute Gasteiger partial charge is 0.368 e. The van der Waals surface area contributed by atoms with E-state index in [4.69, 9.17) is 10.4 Å². The Kier molecular flexibility index (Phi) is 6.11. The first-order chi connectivity index (χ1) is 18.2. The summed E-state index contributed by atoms with van der Waals surface area (Å²) in [4.78, 5) is 4.09. The molecule has 7 nitrogen and oxygen atoms in total. The van der Waals surface area contributed by atoms with Gasteiger partial charge in [-0.15, -0.1) is 5.10 Å². The van der Waals surface area contributed by atoms with Crippen molar-refractivity contribution in [3.8, 4) is 28.7 Å². The van der Waals surface area contributed by atoms with Crippen LogP contribution >= 0.6 is 0 Å². The predicted molar refractivity (Wildman–Crippen MR) is 141 cm³/mol. The van der Waals surface area contributed by atoms with Crippen LogP contribution in [-0.4, -0.2) is 31.1 Å². The van der Waals surface area contributed by atoms with E-state index >= 15 is 0 Å². The summed E-state index contributed by atoms with van der Waals surface area (Å²) in [7, 11) is 0. The van der Waals surface area contributed by atoms with Gasteiger partial charge in [-0.1, -0.05) is 25.3 Å². The first-order valence-corrected chi connectivity index (χ1v) is 12.6. The van der Waals surface area contributed by atoms with Gasteiger partial charge >= 0.3 is 0 Å². The topological polar surface area (TPSA) is 84.4 Å². The highest BCUT2D eigenvalue weighted by Gasteiger charge is 2.17. The first-order valence-electron chi connectivity index (χ1n) is 12.6. The number of hydrogen-bond acceptors (Lipinski definition) is 5. The van der Waals surface area contributed by atoms with E-state index in [1.54, 1.807) is 18.5 Å². The number of fused-ring (bicyclic) bond motifs is 1. The highest BCUT2D eigenvalue weighted by molar-refractivity contribution is 5.83. The maximum absolute atomic E-state index is 14.6. The van der Waals surface area contributed by atoms with E-state index in [0.29, 0.717) is 11.5 Å². The molecule has 0 spiro atoms. The van der Waals surface area contributed by atoms with Crippen LogP contribution in [0.5, 0.6) is 0 Å². The molecule has 6 rings (SSSR count). The summed E-state index contributed by atoms with van der Waals surface area (Å²) < 4.78 is 18.3. The number of nitrogens with zero attached hydrogens (tertiary/aromatic N) is 6. The van der Waals surface area contributed by atoms with Crippen molar-refractivity contribution in [2.75, 3.05) is 11.9 Å². The molecule has 0 unspecified atom stereocenters. The number of hydrogen-bond donors (Lipinski definition) is 1. The molecule has 37 heavy (non-hydrogen) atoms. The van der Waals surface area contributed by atoms with Crippen LogP contribution in [0.2, 0.25) is 0 Å². The van der Waals surface area contributed by atoms with Crippen molar-refractivity contribution >= 4 is 16.7 Å². The molecule has 2 aromatic carbocycles. The number of benzene rings is 2. The van der Waals surface area contributed by atoms with Gasteiger partial charge in [0, 0.05) is 36.0 Å². The van der Waals surface area contributed by atoms with E-state index in [1.807, 2.05) is 58.0 Å². The van der Waals surface area contributed by atoms with E-state index in [9.17, 15) is 4.39 Å². The summed E-state index contributed by atoms with van der Waals surface area (Å²) in [5, 5.41) is 23.1. The molecule has 3 aromatic heterocycles. The maximum atomic E-state index is 14.6. The fourth-order valence-corrected chi connectivity index (χ4v) is 5.12. The summed E-state index contributed by atoms with van der Waals surface area (Å²) in [5.41, 5.74) is 4.16. The zero-order chi connectivity index (χ0) is 25.2. The Hall–Kier alpha value is -4.51. The molecular formula is C29H26FN7. The lowest BCUT2D eigenvalue weighted by Crippen LogP contribution is -2.17. The zero-order valence-corrected chi connectivity index (χ0v) is 20.3. The second-order valence-electron chi connectivity index (χ2n) is 9.52. The molecule has 0 aliphatic heterocycles. The third-order valence-electron chi connectivity index (χ3n) is 7.09. The first kappa shape index (κ1) is 22.9. The minimum atomic E-state index is -0.543. The van der Waals surface area contributed by atoms with E-state index < -0.39 is 5.82 Å². The van der Waals surface area contributed by atoms with Crippen LogP contribution < -0.4 is 5.32 Å². The fourth-order valence-electron chi connectivity index (χ4n) is 5.12. The van der Waals surface area contributed by atoms with Crippen LogP contribution in [0.15, 0.2) is 73.2 Å². The van der Waals surface area contributed by atoms with E-state index in [2.05, 4.69) is 15.4 Å². The number of pyridine rings is 1. The third-order valence-corrected chi connectivity index (χ3v) is 7.09. The van der Waals surface area contributed by atoms with Crippen LogP contribution in [0.25, 0.3) is 33.5 Å². The minimum Gasteiger partial charge on any atom is -0.368 e. The van der Waals surface area contributed by atoms with Crippen molar-refractivity contribution in [3.05, 3.63) is 84.6 Å². The highest BCUT2D eigenvalue weighted by atomic mass is 19.1. The molecule has 1 N–H and O–H groups in total. The quantitative estimate of drug-likeness (QED) is 0.302. The predicted octanol–water partition coefficient (Wildman–Crippen LogP) is 6.28. The van der Waals surface area contributed by atoms with Crippen LogP contribution in [-0.2, 0) is 0 Å². The molecule has 1 saturated carbocycles. The molecule has 8 heteroatoms. The van der Waals surface area contributed by atoms with Crippen molar-refractivity contribution < 1.29 is 4.39 Å². The van der Waals surface area contributed by atoms with Gasteiger partial charge < -0.3 is 5.32 Å². The molecular weight excluding hydrogens is 465 g/mol. The normalized spacial score (nSPS) is 14.1. The number of nitrogens with one attached hydrogen (secondary N) is 1. The zero-order valence-electron chi connectivity index (χ0n) is 20.3. The molecule has 1 aliphatic carbocycles. The summed E-state index contributed by atoms with van der Waals surface area (Å²) in [6.07, 6.45) is 11.7. The average Bonchev–Trinajstić information content (AvgIpc) is 3.57. The summed E-state index contributed by atoms with van der Waals surface area (Å²) in [6.45, 7) is 0.871. The van der Waals surface area contributed by atoms with E-state index in [1.165, 1.54) is 44.2 Å². The fraction of sp³-hybridized carbons (Fsp3) is 0.241. The lowest BCUT2D eigenvalue weighted by Gasteiger charge is -2.21. The Morgan fingerprint density at radius 1 is 0.946 bits per heavy atom. The summed E-state index contributed by atoms with van der Waals surface area (Å²) in [5.74, 6) is 0.849. The van der Waals surface area contributed by atoms with Gasteiger partial charge in [-0.3, -0.25) is 4.98 Å². The molecule has 1 fully saturated rings. The number of anilines is 1. The van der Waals surface area contributed by atoms with Gasteiger partial charge in [-0.2, -0.15) is 10.4 Å². The van der Waals surface area contributed by atoms with Crippen LogP contribution in [0.1, 0.15) is 37.7 Å². The monoisotopic (exact) mass is 491 g/mol. The van der Waals surface area contributed by atoms with Gasteiger partial charge in [0.1, 0.15) is 17.7 Å². The number of aromatic nitrogens is 5. The second kappa shape index (κ2) is 9.86. The molecule has 0 amide bonds. The summed E-state index contributed by atoms with van der Waals surface area (Å²) >= 11 is 0. The number of nitriles is 1. The van der Waals surface area contributed by atoms with Gasteiger partial charge in [0.05, 0.1) is 34.3 Å². The van der Waals surface area contributed by atoms with Gasteiger partial charge in [0.2, 0.25) is 0 Å². The average molecular weight is 492 g/mol. The molecule has 1 aliphatic rings. The SMILES string of the molecule is N#Cc1ccc(-c2cc(NCC3CCCCC3)nn2-c2ccc3c(cnn3-c3ccncc3)c2)cc1F. The number of halogens is 1. The van der Waals surface area contributed by atoms with Crippen molar-refractivity contribution in [1.29, 1.82) is 5.26 Å². The molecule has 184 valence electrons. The van der Waals surface area contributed by atoms with Gasteiger partial charge in [-0.05, 0) is 61.2 Å². The molecule has 5 aromatic rings. The van der Waals surface area contributed by atoms with E-state index in [0.717, 1.165) is 40.3 Å². The smallest absolute Gasteiger partial charge is 0.149 e. The van der Waals surface area contributed by atoms with Crippen molar-refractivity contribution in [2.45, 2.75) is 32.1 Å². The second-order valence-corrected chi connectivity index (χ2v) is 9.52. The number of rotatable bonds is 6. The molecule has 0 saturated heterocycles. The Labute approximate surface area is 214 Å². The Morgan fingerprint density at radius 2 is 1.78 bits per heavy atom. The Bertz CT molecular complexity index is 1590. The van der Waals surface area contributed by atoms with Crippen molar-refractivity contribution in [2.24, 2.45) is 5.92 Å². The Morgan fingerprint density at radius 3 is 2.57 bits per heavy atom. The maximum Gasteiger partial charge on any atom is 0.149 e. The van der Waals surface area contributed by atoms with Gasteiger partial charge in [0.25, 0.3) is 0 Å². The minimum absolute atomic E-state index is 0.0235. The third kappa shape index (κ3) is 4.56. The van der Waals surface area contributed by atoms with Crippen LogP contribution in [0.3, 0.4) is 0 Å². The molecule has 0 bridgehead atoms. The Balaban J connectivity index is 1.39. The lowest BCUT2D eigenvalue weighted by atomic mass is 9.89. The standard InChI is InChI=1S/C29H26FN7/c30-26-15-21(6-7-22(26)17-31)28-16-29(33-18-20-4-2-1-3-5-20)35-37(28)25-8-9-27-23(14-25)19-34-36(27)24-10-12-32-13-11-24/h6-16,19-20H,1-5,18H2,(H,33,35). The van der Waals surface area contributed by atoms with Crippen molar-refractivity contribution in [3.63, 3.8) is 0 Å². The van der Waals surface area contributed by atoms with Gasteiger partial charge in [0.15, 0.2) is 0 Å². The molecule has 0 radical (unpaired) electrons. The highest BCUT2D eigenvalue weighted by Crippen LogP contribution is 2.30. The molecule has 0 atom stereocenters.